The molecule has 0 bridgehead atoms. The van der Waals surface area contributed by atoms with Crippen LogP contribution in [0.4, 0.5) is 0 Å². The number of rotatable bonds is 5. The molecular weight excluding hydrogens is 306 g/mol. The average Bonchev–Trinajstić information content (AvgIpc) is 2.62. The molecule has 5 nitrogen and oxygen atoms in total. The van der Waals surface area contributed by atoms with Gasteiger partial charge >= 0.3 is 11.9 Å². The zero-order chi connectivity index (χ0) is 17.4. The summed E-state index contributed by atoms with van der Waals surface area (Å²) in [7, 11) is 0. The first kappa shape index (κ1) is 17.0. The molecule has 0 saturated heterocycles. The van der Waals surface area contributed by atoms with Crippen molar-refractivity contribution >= 4 is 18.0 Å². The van der Waals surface area contributed by atoms with Gasteiger partial charge in [0.25, 0.3) is 0 Å². The molecule has 120 valence electrons. The summed E-state index contributed by atoms with van der Waals surface area (Å²) in [5.74, 6) is -0.752. The first-order valence-electron chi connectivity index (χ1n) is 7.30. The standard InChI is InChI=1S/C19H15NO4/c1-2-23-18(21)16(13-20)12-14-8-10-17(11-9-14)24-19(22)15-6-4-3-5-7-15/h3-12H,2H2,1H3. The Balaban J connectivity index is 2.09. The molecular formula is C19H15NO4. The van der Waals surface area contributed by atoms with Gasteiger partial charge in [-0.1, -0.05) is 30.3 Å². The van der Waals surface area contributed by atoms with E-state index in [1.165, 1.54) is 6.08 Å². The molecule has 0 atom stereocenters. The van der Waals surface area contributed by atoms with Crippen LogP contribution < -0.4 is 4.74 Å². The molecule has 2 aromatic rings. The van der Waals surface area contributed by atoms with Crippen molar-refractivity contribution in [3.63, 3.8) is 0 Å². The summed E-state index contributed by atoms with van der Waals surface area (Å²) in [5.41, 5.74) is 0.987. The van der Waals surface area contributed by atoms with Gasteiger partial charge in [0.2, 0.25) is 0 Å². The second-order valence-corrected chi connectivity index (χ2v) is 4.71. The van der Waals surface area contributed by atoms with Crippen LogP contribution in [-0.2, 0) is 9.53 Å². The maximum Gasteiger partial charge on any atom is 0.348 e. The lowest BCUT2D eigenvalue weighted by Gasteiger charge is -2.05. The molecule has 0 radical (unpaired) electrons. The zero-order valence-corrected chi connectivity index (χ0v) is 13.1. The Morgan fingerprint density at radius 3 is 2.33 bits per heavy atom. The number of hydrogen-bond donors (Lipinski definition) is 0. The van der Waals surface area contributed by atoms with Gasteiger partial charge < -0.3 is 9.47 Å². The quantitative estimate of drug-likeness (QED) is 0.365. The Morgan fingerprint density at radius 2 is 1.75 bits per heavy atom. The summed E-state index contributed by atoms with van der Waals surface area (Å²) in [6.07, 6.45) is 1.42. The van der Waals surface area contributed by atoms with E-state index in [0.717, 1.165) is 0 Å². The highest BCUT2D eigenvalue weighted by molar-refractivity contribution is 5.97. The summed E-state index contributed by atoms with van der Waals surface area (Å²) < 4.78 is 10.0. The third-order valence-electron chi connectivity index (χ3n) is 3.03. The van der Waals surface area contributed by atoms with Crippen molar-refractivity contribution in [2.45, 2.75) is 6.92 Å². The van der Waals surface area contributed by atoms with Crippen LogP contribution in [0.2, 0.25) is 0 Å². The second kappa shape index (κ2) is 8.30. The van der Waals surface area contributed by atoms with Gasteiger partial charge in [-0.05, 0) is 42.8 Å². The number of esters is 2. The fourth-order valence-electron chi connectivity index (χ4n) is 1.88. The lowest BCUT2D eigenvalue weighted by atomic mass is 10.1. The van der Waals surface area contributed by atoms with Gasteiger partial charge in [0, 0.05) is 0 Å². The first-order valence-corrected chi connectivity index (χ1v) is 7.30. The lowest BCUT2D eigenvalue weighted by Crippen LogP contribution is -2.08. The lowest BCUT2D eigenvalue weighted by molar-refractivity contribution is -0.137. The van der Waals surface area contributed by atoms with Crippen LogP contribution in [0.1, 0.15) is 22.8 Å². The fourth-order valence-corrected chi connectivity index (χ4v) is 1.88. The molecule has 0 saturated carbocycles. The molecule has 5 heteroatoms. The third kappa shape index (κ3) is 4.55. The van der Waals surface area contributed by atoms with E-state index in [0.29, 0.717) is 16.9 Å². The van der Waals surface area contributed by atoms with E-state index < -0.39 is 11.9 Å². The largest absolute Gasteiger partial charge is 0.462 e. The third-order valence-corrected chi connectivity index (χ3v) is 3.03. The SMILES string of the molecule is CCOC(=O)C(C#N)=Cc1ccc(OC(=O)c2ccccc2)cc1. The van der Waals surface area contributed by atoms with Crippen LogP contribution in [0, 0.1) is 11.3 Å². The Morgan fingerprint density at radius 1 is 1.08 bits per heavy atom. The molecule has 0 aliphatic rings. The predicted octanol–water partition coefficient (Wildman–Crippen LogP) is 3.38. The number of ether oxygens (including phenoxy) is 2. The Hall–Kier alpha value is -3.39. The van der Waals surface area contributed by atoms with Crippen LogP contribution in [0.25, 0.3) is 6.08 Å². The normalized spacial score (nSPS) is 10.6. The topological polar surface area (TPSA) is 76.4 Å². The smallest absolute Gasteiger partial charge is 0.348 e. The molecule has 0 aliphatic heterocycles. The first-order chi connectivity index (χ1) is 11.6. The number of carbonyl (C=O) groups excluding carboxylic acids is 2. The van der Waals surface area contributed by atoms with Crippen LogP contribution in [0.3, 0.4) is 0 Å². The summed E-state index contributed by atoms with van der Waals surface area (Å²) in [6, 6.07) is 16.9. The molecule has 0 aliphatic carbocycles. The number of carbonyl (C=O) groups is 2. The van der Waals surface area contributed by atoms with Gasteiger partial charge in [-0.2, -0.15) is 5.26 Å². The Bertz CT molecular complexity index is 786. The van der Waals surface area contributed by atoms with Gasteiger partial charge in [-0.3, -0.25) is 0 Å². The van der Waals surface area contributed by atoms with Crippen molar-refractivity contribution in [3.8, 4) is 11.8 Å². The maximum absolute atomic E-state index is 11.9. The van der Waals surface area contributed by atoms with Gasteiger partial charge in [-0.25, -0.2) is 9.59 Å². The van der Waals surface area contributed by atoms with Crippen LogP contribution in [0.5, 0.6) is 5.75 Å². The summed E-state index contributed by atoms with van der Waals surface area (Å²) in [5, 5.41) is 9.00. The molecule has 0 unspecified atom stereocenters. The summed E-state index contributed by atoms with van der Waals surface area (Å²) in [4.78, 5) is 23.5. The maximum atomic E-state index is 11.9. The highest BCUT2D eigenvalue weighted by atomic mass is 16.5. The van der Waals surface area contributed by atoms with E-state index in [-0.39, 0.29) is 12.2 Å². The van der Waals surface area contributed by atoms with Crippen molar-refractivity contribution in [2.75, 3.05) is 6.61 Å². The van der Waals surface area contributed by atoms with Crippen molar-refractivity contribution in [3.05, 3.63) is 71.3 Å². The van der Waals surface area contributed by atoms with Crippen LogP contribution in [-0.4, -0.2) is 18.5 Å². The highest BCUT2D eigenvalue weighted by Gasteiger charge is 2.10. The number of benzene rings is 2. The van der Waals surface area contributed by atoms with Gasteiger partial charge in [0.15, 0.2) is 0 Å². The van der Waals surface area contributed by atoms with Crippen molar-refractivity contribution < 1.29 is 19.1 Å². The minimum Gasteiger partial charge on any atom is -0.462 e. The highest BCUT2D eigenvalue weighted by Crippen LogP contribution is 2.16. The molecule has 0 N–H and O–H groups in total. The van der Waals surface area contributed by atoms with Crippen molar-refractivity contribution in [1.82, 2.24) is 0 Å². The molecule has 0 spiro atoms. The molecule has 0 aromatic heterocycles. The minimum atomic E-state index is -0.667. The summed E-state index contributed by atoms with van der Waals surface area (Å²) in [6.45, 7) is 1.87. The monoisotopic (exact) mass is 321 g/mol. The van der Waals surface area contributed by atoms with E-state index in [2.05, 4.69) is 0 Å². The predicted molar refractivity (Wildman–Crippen MR) is 88.1 cm³/mol. The molecule has 2 rings (SSSR count). The fraction of sp³-hybridized carbons (Fsp3) is 0.105. The number of nitriles is 1. The van der Waals surface area contributed by atoms with Crippen LogP contribution in [0.15, 0.2) is 60.2 Å². The summed E-state index contributed by atoms with van der Waals surface area (Å²) >= 11 is 0. The molecule has 24 heavy (non-hydrogen) atoms. The Kier molecular flexibility index (Phi) is 5.87. The Labute approximate surface area is 139 Å². The van der Waals surface area contributed by atoms with Crippen LogP contribution >= 0.6 is 0 Å². The number of nitrogens with zero attached hydrogens (tertiary/aromatic N) is 1. The van der Waals surface area contributed by atoms with E-state index in [9.17, 15) is 9.59 Å². The molecule has 2 aromatic carbocycles. The van der Waals surface area contributed by atoms with E-state index in [4.69, 9.17) is 14.7 Å². The van der Waals surface area contributed by atoms with E-state index in [1.54, 1.807) is 61.5 Å². The molecule has 0 heterocycles. The number of hydrogen-bond acceptors (Lipinski definition) is 5. The molecule has 0 amide bonds. The van der Waals surface area contributed by atoms with E-state index >= 15 is 0 Å². The van der Waals surface area contributed by atoms with Gasteiger partial charge in [0.1, 0.15) is 17.4 Å². The van der Waals surface area contributed by atoms with E-state index in [1.807, 2.05) is 6.07 Å². The zero-order valence-electron chi connectivity index (χ0n) is 13.1. The minimum absolute atomic E-state index is 0.0918. The average molecular weight is 321 g/mol. The van der Waals surface area contributed by atoms with Crippen molar-refractivity contribution in [1.29, 1.82) is 5.26 Å². The molecule has 0 fully saturated rings. The second-order valence-electron chi connectivity index (χ2n) is 4.71. The van der Waals surface area contributed by atoms with Gasteiger partial charge in [-0.15, -0.1) is 0 Å². The van der Waals surface area contributed by atoms with Crippen molar-refractivity contribution in [2.24, 2.45) is 0 Å². The van der Waals surface area contributed by atoms with Gasteiger partial charge in [0.05, 0.1) is 12.2 Å².